The molecule has 0 aliphatic carbocycles. The van der Waals surface area contributed by atoms with Crippen molar-refractivity contribution in [3.05, 3.63) is 79.9 Å². The summed E-state index contributed by atoms with van der Waals surface area (Å²) in [6.45, 7) is 4.77. The Balaban J connectivity index is 1.16. The van der Waals surface area contributed by atoms with Crippen molar-refractivity contribution in [3.63, 3.8) is 0 Å². The molecule has 0 aromatic heterocycles. The normalized spacial score (nSPS) is 28.9. The number of nitrogens with zero attached hydrogens (tertiary/aromatic N) is 4. The van der Waals surface area contributed by atoms with Gasteiger partial charge < -0.3 is 19.3 Å². The van der Waals surface area contributed by atoms with Gasteiger partial charge in [-0.25, -0.2) is 0 Å². The zero-order valence-electron chi connectivity index (χ0n) is 19.7. The Kier molecular flexibility index (Phi) is 5.52. The van der Waals surface area contributed by atoms with Gasteiger partial charge in [0.1, 0.15) is 12.2 Å². The van der Waals surface area contributed by atoms with Gasteiger partial charge in [-0.05, 0) is 49.2 Å². The maximum absolute atomic E-state index is 13.2. The standard InChI is InChI=1S/C24H24N4O8/c1-23(19(35-23)15-3-7-17(8-4-15)27(31)32)21(29)25-11-13-26(14-12-25)22(30)24(2)20(36-24)16-5-9-18(10-6-16)28(33)34/h3-10,19-20H,11-14H2,1-2H3/t19-,20-,23+,24+/m0/s1. The van der Waals surface area contributed by atoms with E-state index in [2.05, 4.69) is 0 Å². The van der Waals surface area contributed by atoms with Crippen molar-refractivity contribution in [2.75, 3.05) is 26.2 Å². The number of ether oxygens (including phenoxy) is 2. The number of hydrogen-bond donors (Lipinski definition) is 0. The lowest BCUT2D eigenvalue weighted by atomic mass is 9.98. The van der Waals surface area contributed by atoms with Gasteiger partial charge in [-0.15, -0.1) is 0 Å². The van der Waals surface area contributed by atoms with Crippen LogP contribution >= 0.6 is 0 Å². The molecule has 3 fully saturated rings. The fourth-order valence-electron chi connectivity index (χ4n) is 4.80. The molecular weight excluding hydrogens is 472 g/mol. The van der Waals surface area contributed by atoms with E-state index in [0.29, 0.717) is 37.3 Å². The van der Waals surface area contributed by atoms with Gasteiger partial charge in [-0.2, -0.15) is 0 Å². The third-order valence-electron chi connectivity index (χ3n) is 7.13. The molecule has 0 N–H and O–H groups in total. The second kappa shape index (κ2) is 8.35. The molecule has 2 amide bonds. The number of piperazine rings is 1. The van der Waals surface area contributed by atoms with Crippen molar-refractivity contribution in [1.29, 1.82) is 0 Å². The second-order valence-electron chi connectivity index (χ2n) is 9.49. The van der Waals surface area contributed by atoms with Crippen molar-refractivity contribution in [2.24, 2.45) is 0 Å². The Morgan fingerprint density at radius 2 is 1.03 bits per heavy atom. The highest BCUT2D eigenvalue weighted by atomic mass is 16.6. The number of nitro benzene ring substituents is 2. The van der Waals surface area contributed by atoms with Crippen LogP contribution in [0.2, 0.25) is 0 Å². The molecular formula is C24H24N4O8. The number of hydrogen-bond acceptors (Lipinski definition) is 8. The third kappa shape index (κ3) is 3.97. The van der Waals surface area contributed by atoms with Gasteiger partial charge in [0.2, 0.25) is 0 Å². The predicted molar refractivity (Wildman–Crippen MR) is 124 cm³/mol. The summed E-state index contributed by atoms with van der Waals surface area (Å²) in [5.41, 5.74) is -0.762. The average Bonchev–Trinajstić information content (AvgIpc) is 3.78. The van der Waals surface area contributed by atoms with Crippen LogP contribution in [-0.2, 0) is 19.1 Å². The van der Waals surface area contributed by atoms with E-state index >= 15 is 0 Å². The fraction of sp³-hybridized carbons (Fsp3) is 0.417. The zero-order chi connectivity index (χ0) is 25.8. The summed E-state index contributed by atoms with van der Waals surface area (Å²) < 4.78 is 11.5. The lowest BCUT2D eigenvalue weighted by Gasteiger charge is -2.36. The molecule has 188 valence electrons. The molecule has 12 nitrogen and oxygen atoms in total. The van der Waals surface area contributed by atoms with E-state index in [1.807, 2.05) is 0 Å². The van der Waals surface area contributed by atoms with Crippen molar-refractivity contribution < 1.29 is 28.9 Å². The Bertz CT molecular complexity index is 1140. The molecule has 3 aliphatic rings. The van der Waals surface area contributed by atoms with Gasteiger partial charge in [0.05, 0.1) is 9.85 Å². The first-order valence-corrected chi connectivity index (χ1v) is 11.5. The molecule has 5 rings (SSSR count). The van der Waals surface area contributed by atoms with E-state index in [1.165, 1.54) is 24.3 Å². The summed E-state index contributed by atoms with van der Waals surface area (Å²) in [5, 5.41) is 21.7. The van der Waals surface area contributed by atoms with Crippen molar-refractivity contribution >= 4 is 23.2 Å². The molecule has 0 spiro atoms. The summed E-state index contributed by atoms with van der Waals surface area (Å²) in [6.07, 6.45) is -0.960. The second-order valence-corrected chi connectivity index (χ2v) is 9.49. The fourth-order valence-corrected chi connectivity index (χ4v) is 4.80. The number of benzene rings is 2. The van der Waals surface area contributed by atoms with E-state index in [0.717, 1.165) is 0 Å². The number of nitro groups is 2. The minimum atomic E-state index is -1.05. The summed E-state index contributed by atoms with van der Waals surface area (Å²) in [5.74, 6) is -0.369. The summed E-state index contributed by atoms with van der Waals surface area (Å²) in [4.78, 5) is 50.4. The van der Waals surface area contributed by atoms with E-state index in [-0.39, 0.29) is 23.2 Å². The maximum Gasteiger partial charge on any atom is 0.269 e. The number of rotatable bonds is 6. The molecule has 12 heteroatoms. The average molecular weight is 496 g/mol. The first-order valence-electron chi connectivity index (χ1n) is 11.5. The molecule has 0 unspecified atom stereocenters. The van der Waals surface area contributed by atoms with E-state index < -0.39 is 33.3 Å². The van der Waals surface area contributed by atoms with Crippen LogP contribution in [0.1, 0.15) is 37.2 Å². The lowest BCUT2D eigenvalue weighted by molar-refractivity contribution is -0.385. The van der Waals surface area contributed by atoms with Crippen molar-refractivity contribution in [3.8, 4) is 0 Å². The van der Waals surface area contributed by atoms with Gasteiger partial charge in [-0.3, -0.25) is 29.8 Å². The number of non-ortho nitro benzene ring substituents is 2. The zero-order valence-corrected chi connectivity index (χ0v) is 19.7. The quantitative estimate of drug-likeness (QED) is 0.336. The van der Waals surface area contributed by atoms with Crippen LogP contribution in [0, 0.1) is 20.2 Å². The monoisotopic (exact) mass is 496 g/mol. The van der Waals surface area contributed by atoms with Crippen LogP contribution in [0.15, 0.2) is 48.5 Å². The summed E-state index contributed by atoms with van der Waals surface area (Å²) in [6, 6.07) is 11.9. The number of carbonyl (C=O) groups excluding carboxylic acids is 2. The molecule has 0 saturated carbocycles. The van der Waals surface area contributed by atoms with Gasteiger partial charge in [0, 0.05) is 50.4 Å². The number of amides is 2. The molecule has 3 heterocycles. The predicted octanol–water partition coefficient (Wildman–Crippen LogP) is 2.53. The molecule has 0 radical (unpaired) electrons. The van der Waals surface area contributed by atoms with E-state index in [9.17, 15) is 29.8 Å². The van der Waals surface area contributed by atoms with Crippen molar-refractivity contribution in [1.82, 2.24) is 9.80 Å². The van der Waals surface area contributed by atoms with Crippen molar-refractivity contribution in [2.45, 2.75) is 37.3 Å². The molecule has 4 atom stereocenters. The molecule has 2 aromatic carbocycles. The van der Waals surface area contributed by atoms with Gasteiger partial charge >= 0.3 is 0 Å². The van der Waals surface area contributed by atoms with Crippen LogP contribution in [0.25, 0.3) is 0 Å². The van der Waals surface area contributed by atoms with Crippen LogP contribution < -0.4 is 0 Å². The van der Waals surface area contributed by atoms with Gasteiger partial charge in [0.15, 0.2) is 11.2 Å². The van der Waals surface area contributed by atoms with Crippen LogP contribution in [0.4, 0.5) is 11.4 Å². The largest absolute Gasteiger partial charge is 0.351 e. The van der Waals surface area contributed by atoms with E-state index in [4.69, 9.17) is 9.47 Å². The van der Waals surface area contributed by atoms with Crippen LogP contribution in [-0.4, -0.2) is 68.8 Å². The van der Waals surface area contributed by atoms with E-state index in [1.54, 1.807) is 47.9 Å². The van der Waals surface area contributed by atoms with Crippen LogP contribution in [0.3, 0.4) is 0 Å². The third-order valence-corrected chi connectivity index (χ3v) is 7.13. The Morgan fingerprint density at radius 1 is 0.722 bits per heavy atom. The highest BCUT2D eigenvalue weighted by Gasteiger charge is 2.62. The number of carbonyl (C=O) groups is 2. The molecule has 2 aromatic rings. The topological polar surface area (TPSA) is 152 Å². The first-order chi connectivity index (χ1) is 17.0. The Morgan fingerprint density at radius 3 is 1.31 bits per heavy atom. The Labute approximate surface area is 205 Å². The summed E-state index contributed by atoms with van der Waals surface area (Å²) in [7, 11) is 0. The lowest BCUT2D eigenvalue weighted by Crippen LogP contribution is -2.55. The van der Waals surface area contributed by atoms with Crippen LogP contribution in [0.5, 0.6) is 0 Å². The number of epoxide rings is 2. The minimum Gasteiger partial charge on any atom is -0.351 e. The first kappa shape index (κ1) is 23.8. The maximum atomic E-state index is 13.2. The van der Waals surface area contributed by atoms with Gasteiger partial charge in [-0.1, -0.05) is 0 Å². The smallest absolute Gasteiger partial charge is 0.269 e. The molecule has 36 heavy (non-hydrogen) atoms. The Hall–Kier alpha value is -3.90. The SMILES string of the molecule is C[C@@]1(C(=O)N2CCN(C(=O)[C@]3(C)O[C@H]3c3ccc([N+](=O)[O-])cc3)CC2)O[C@H]1c1ccc([N+](=O)[O-])cc1. The highest BCUT2D eigenvalue weighted by Crippen LogP contribution is 2.52. The van der Waals surface area contributed by atoms with Gasteiger partial charge in [0.25, 0.3) is 23.2 Å². The summed E-state index contributed by atoms with van der Waals surface area (Å²) >= 11 is 0. The molecule has 0 bridgehead atoms. The minimum absolute atomic E-state index is 0.0302. The highest BCUT2D eigenvalue weighted by molar-refractivity contribution is 5.90. The molecule has 3 saturated heterocycles. The molecule has 3 aliphatic heterocycles.